The Morgan fingerprint density at radius 3 is 0.958 bits per heavy atom. The topological polar surface area (TPSA) is 105 Å². The number of hydrogen-bond acceptors (Lipinski definition) is 8. The molecule has 0 fully saturated rings. The number of benzene rings is 2. The molecule has 0 aromatic heterocycles. The standard InChI is InChI=1S/C24H38O4.C16H22O4/c1-5-9-11-19(7-3)17-27-23(25)21-13-15-22(16-14-21)24(26)28-18-20(8-4)12-10-6-2;1-3-5-11-19-15(17)13-7-9-14(10-8-13)16(18)20-12-6-4-2/h13-16,19-20H,5-12,17-18H2,1-4H3;7-10H,3-6,11-12H2,1-2H3. The first-order chi connectivity index (χ1) is 23.2. The van der Waals surface area contributed by atoms with Gasteiger partial charge in [-0.1, -0.05) is 92.9 Å². The van der Waals surface area contributed by atoms with E-state index in [0.29, 0.717) is 60.5 Å². The lowest BCUT2D eigenvalue weighted by Crippen LogP contribution is -2.15. The van der Waals surface area contributed by atoms with Gasteiger partial charge in [-0.2, -0.15) is 0 Å². The van der Waals surface area contributed by atoms with E-state index in [1.165, 1.54) is 0 Å². The van der Waals surface area contributed by atoms with E-state index in [1.807, 2.05) is 13.8 Å². The molecule has 0 radical (unpaired) electrons. The third-order valence-corrected chi connectivity index (χ3v) is 8.16. The molecule has 8 nitrogen and oxygen atoms in total. The molecule has 0 aliphatic carbocycles. The SMILES string of the molecule is CCCCC(CC)COC(=O)c1ccc(C(=O)OCC(CC)CCCC)cc1.CCCCOC(=O)c1ccc(C(=O)OCCCC)cc1. The minimum atomic E-state index is -0.357. The summed E-state index contributed by atoms with van der Waals surface area (Å²) in [6.07, 6.45) is 12.5. The zero-order valence-electron chi connectivity index (χ0n) is 30.4. The van der Waals surface area contributed by atoms with E-state index < -0.39 is 0 Å². The normalized spacial score (nSPS) is 11.8. The number of ether oxygens (including phenoxy) is 4. The Kier molecular flexibility index (Phi) is 23.2. The monoisotopic (exact) mass is 668 g/mol. The Balaban J connectivity index is 0.000000507. The van der Waals surface area contributed by atoms with Crippen LogP contribution < -0.4 is 0 Å². The van der Waals surface area contributed by atoms with Crippen molar-refractivity contribution in [2.75, 3.05) is 26.4 Å². The van der Waals surface area contributed by atoms with Gasteiger partial charge in [-0.15, -0.1) is 0 Å². The van der Waals surface area contributed by atoms with Crippen molar-refractivity contribution >= 4 is 23.9 Å². The summed E-state index contributed by atoms with van der Waals surface area (Å²) < 4.78 is 21.1. The maximum Gasteiger partial charge on any atom is 0.338 e. The van der Waals surface area contributed by atoms with Crippen molar-refractivity contribution < 1.29 is 38.1 Å². The number of hydrogen-bond donors (Lipinski definition) is 0. The van der Waals surface area contributed by atoms with Gasteiger partial charge in [0.1, 0.15) is 0 Å². The number of esters is 4. The van der Waals surface area contributed by atoms with Gasteiger partial charge in [-0.3, -0.25) is 0 Å². The van der Waals surface area contributed by atoms with E-state index >= 15 is 0 Å². The number of rotatable bonds is 22. The fourth-order valence-electron chi connectivity index (χ4n) is 4.62. The summed E-state index contributed by atoms with van der Waals surface area (Å²) in [4.78, 5) is 47.8. The number of carbonyl (C=O) groups is 4. The molecule has 8 heteroatoms. The van der Waals surface area contributed by atoms with Crippen LogP contribution in [0.1, 0.15) is 160 Å². The van der Waals surface area contributed by atoms with Crippen molar-refractivity contribution in [3.63, 3.8) is 0 Å². The van der Waals surface area contributed by atoms with Gasteiger partial charge in [0.15, 0.2) is 0 Å². The molecule has 268 valence electrons. The second kappa shape index (κ2) is 26.3. The summed E-state index contributed by atoms with van der Waals surface area (Å²) in [5.74, 6) is -0.551. The van der Waals surface area contributed by atoms with Crippen LogP contribution in [0.25, 0.3) is 0 Å². The van der Waals surface area contributed by atoms with Crippen LogP contribution in [-0.2, 0) is 18.9 Å². The van der Waals surface area contributed by atoms with Crippen molar-refractivity contribution in [2.45, 2.75) is 119 Å². The van der Waals surface area contributed by atoms with Crippen LogP contribution in [-0.4, -0.2) is 50.3 Å². The van der Waals surface area contributed by atoms with Gasteiger partial charge in [-0.25, -0.2) is 19.2 Å². The Labute approximate surface area is 289 Å². The first kappa shape index (κ1) is 42.3. The van der Waals surface area contributed by atoms with Crippen LogP contribution in [0.2, 0.25) is 0 Å². The fourth-order valence-corrected chi connectivity index (χ4v) is 4.62. The highest BCUT2D eigenvalue weighted by Crippen LogP contribution is 2.16. The van der Waals surface area contributed by atoms with Gasteiger partial charge in [0.25, 0.3) is 0 Å². The molecule has 2 rings (SSSR count). The van der Waals surface area contributed by atoms with Crippen molar-refractivity contribution in [3.05, 3.63) is 70.8 Å². The maximum atomic E-state index is 12.2. The molecule has 2 aromatic rings. The summed E-state index contributed by atoms with van der Waals surface area (Å²) in [5, 5.41) is 0. The van der Waals surface area contributed by atoms with Crippen LogP contribution in [0.5, 0.6) is 0 Å². The minimum absolute atomic E-state index is 0.333. The Morgan fingerprint density at radius 2 is 0.708 bits per heavy atom. The zero-order valence-corrected chi connectivity index (χ0v) is 30.4. The summed E-state index contributed by atoms with van der Waals surface area (Å²) in [6, 6.07) is 12.9. The van der Waals surface area contributed by atoms with Gasteiger partial charge >= 0.3 is 23.9 Å². The molecule has 0 saturated heterocycles. The van der Waals surface area contributed by atoms with E-state index in [4.69, 9.17) is 18.9 Å². The lowest BCUT2D eigenvalue weighted by atomic mass is 10.0. The predicted molar refractivity (Wildman–Crippen MR) is 190 cm³/mol. The largest absolute Gasteiger partial charge is 0.462 e. The maximum absolute atomic E-state index is 12.2. The molecule has 2 unspecified atom stereocenters. The lowest BCUT2D eigenvalue weighted by molar-refractivity contribution is 0.0414. The predicted octanol–water partition coefficient (Wildman–Crippen LogP) is 10.0. The second-order valence-electron chi connectivity index (χ2n) is 12.2. The average molecular weight is 669 g/mol. The number of unbranched alkanes of at least 4 members (excludes halogenated alkanes) is 4. The van der Waals surface area contributed by atoms with Crippen molar-refractivity contribution in [2.24, 2.45) is 11.8 Å². The molecule has 2 aromatic carbocycles. The third-order valence-electron chi connectivity index (χ3n) is 8.16. The lowest BCUT2D eigenvalue weighted by Gasteiger charge is -2.15. The highest BCUT2D eigenvalue weighted by atomic mass is 16.5. The highest BCUT2D eigenvalue weighted by molar-refractivity contribution is 5.94. The molecular formula is C40H60O8. The molecule has 0 amide bonds. The molecule has 0 N–H and O–H groups in total. The van der Waals surface area contributed by atoms with Gasteiger partial charge < -0.3 is 18.9 Å². The summed E-state index contributed by atoms with van der Waals surface area (Å²) >= 11 is 0. The van der Waals surface area contributed by atoms with Crippen LogP contribution >= 0.6 is 0 Å². The van der Waals surface area contributed by atoms with Gasteiger partial charge in [0.2, 0.25) is 0 Å². The quantitative estimate of drug-likeness (QED) is 0.0693. The minimum Gasteiger partial charge on any atom is -0.462 e. The Hall–Kier alpha value is -3.68. The highest BCUT2D eigenvalue weighted by Gasteiger charge is 2.15. The summed E-state index contributed by atoms with van der Waals surface area (Å²) in [6.45, 7) is 14.4. The molecule has 0 spiro atoms. The molecule has 2 atom stereocenters. The van der Waals surface area contributed by atoms with E-state index in [0.717, 1.165) is 77.0 Å². The zero-order chi connectivity index (χ0) is 35.6. The number of carbonyl (C=O) groups excluding carboxylic acids is 4. The van der Waals surface area contributed by atoms with Crippen molar-refractivity contribution in [1.82, 2.24) is 0 Å². The third kappa shape index (κ3) is 17.5. The van der Waals surface area contributed by atoms with Crippen LogP contribution in [0, 0.1) is 11.8 Å². The van der Waals surface area contributed by atoms with E-state index in [2.05, 4.69) is 27.7 Å². The molecular weight excluding hydrogens is 608 g/mol. The van der Waals surface area contributed by atoms with Gasteiger partial charge in [0, 0.05) is 0 Å². The molecule has 0 aliphatic rings. The molecule has 48 heavy (non-hydrogen) atoms. The van der Waals surface area contributed by atoms with Crippen LogP contribution in [0.15, 0.2) is 48.5 Å². The molecule has 0 saturated carbocycles. The van der Waals surface area contributed by atoms with Crippen LogP contribution in [0.3, 0.4) is 0 Å². The molecule has 0 aliphatic heterocycles. The van der Waals surface area contributed by atoms with Crippen molar-refractivity contribution in [1.29, 1.82) is 0 Å². The smallest absolute Gasteiger partial charge is 0.338 e. The first-order valence-electron chi connectivity index (χ1n) is 18.1. The van der Waals surface area contributed by atoms with Crippen molar-refractivity contribution in [3.8, 4) is 0 Å². The van der Waals surface area contributed by atoms with Crippen LogP contribution in [0.4, 0.5) is 0 Å². The second-order valence-corrected chi connectivity index (χ2v) is 12.2. The summed E-state index contributed by atoms with van der Waals surface area (Å²) in [5.41, 5.74) is 1.84. The average Bonchev–Trinajstić information content (AvgIpc) is 3.12. The van der Waals surface area contributed by atoms with E-state index in [-0.39, 0.29) is 23.9 Å². The Bertz CT molecular complexity index is 1080. The first-order valence-corrected chi connectivity index (χ1v) is 18.1. The molecule has 0 bridgehead atoms. The summed E-state index contributed by atoms with van der Waals surface area (Å²) in [7, 11) is 0. The Morgan fingerprint density at radius 1 is 0.438 bits per heavy atom. The fraction of sp³-hybridized carbons (Fsp3) is 0.600. The molecule has 0 heterocycles. The van der Waals surface area contributed by atoms with Gasteiger partial charge in [-0.05, 0) is 86.1 Å². The van der Waals surface area contributed by atoms with E-state index in [9.17, 15) is 19.2 Å². The van der Waals surface area contributed by atoms with Gasteiger partial charge in [0.05, 0.1) is 48.7 Å². The van der Waals surface area contributed by atoms with E-state index in [1.54, 1.807) is 48.5 Å².